The number of hydrogen-bond acceptors (Lipinski definition) is 7. The molecule has 0 saturated carbocycles. The summed E-state index contributed by atoms with van der Waals surface area (Å²) < 4.78 is 13.1. The first-order valence-electron chi connectivity index (χ1n) is 11.6. The number of benzene rings is 2. The molecule has 5 aromatic rings. The van der Waals surface area contributed by atoms with Crippen LogP contribution < -0.4 is 9.47 Å². The zero-order chi connectivity index (χ0) is 24.6. The lowest BCUT2D eigenvalue weighted by Crippen LogP contribution is -2.07. The molecule has 8 heteroatoms. The van der Waals surface area contributed by atoms with Crippen molar-refractivity contribution in [2.45, 2.75) is 25.4 Å². The topological polar surface area (TPSA) is 66.2 Å². The van der Waals surface area contributed by atoms with E-state index in [1.807, 2.05) is 56.3 Å². The lowest BCUT2D eigenvalue weighted by molar-refractivity contribution is 0.102. The van der Waals surface area contributed by atoms with Gasteiger partial charge in [-0.1, -0.05) is 48.2 Å². The molecule has 0 fully saturated rings. The summed E-state index contributed by atoms with van der Waals surface area (Å²) in [7, 11) is 0. The highest BCUT2D eigenvalue weighted by Crippen LogP contribution is 2.36. The summed E-state index contributed by atoms with van der Waals surface area (Å²) in [6.07, 6.45) is 1.58. The Hall–Kier alpha value is -3.62. The fourth-order valence-electron chi connectivity index (χ4n) is 4.45. The van der Waals surface area contributed by atoms with E-state index in [4.69, 9.17) is 9.47 Å². The molecule has 1 aliphatic rings. The van der Waals surface area contributed by atoms with Crippen LogP contribution in [0, 0.1) is 13.8 Å². The van der Waals surface area contributed by atoms with E-state index in [1.165, 1.54) is 11.8 Å². The summed E-state index contributed by atoms with van der Waals surface area (Å²) in [5, 5.41) is 1.83. The van der Waals surface area contributed by atoms with Gasteiger partial charge in [0.05, 0.1) is 5.75 Å². The number of carbonyl (C=O) groups excluding carboxylic acids is 1. The van der Waals surface area contributed by atoms with Crippen LogP contribution in [0.5, 0.6) is 11.5 Å². The maximum Gasteiger partial charge on any atom is 0.231 e. The highest BCUT2D eigenvalue weighted by atomic mass is 32.2. The van der Waals surface area contributed by atoms with E-state index < -0.39 is 0 Å². The summed E-state index contributed by atoms with van der Waals surface area (Å²) in [5.74, 6) is 1.95. The molecule has 4 heterocycles. The zero-order valence-electron chi connectivity index (χ0n) is 19.9. The van der Waals surface area contributed by atoms with Crippen LogP contribution in [0.4, 0.5) is 0 Å². The fourth-order valence-corrected chi connectivity index (χ4v) is 6.38. The molecule has 0 spiro atoms. The Kier molecular flexibility index (Phi) is 5.99. The predicted octanol–water partition coefficient (Wildman–Crippen LogP) is 6.53. The Morgan fingerprint density at radius 2 is 1.86 bits per heavy atom. The summed E-state index contributed by atoms with van der Waals surface area (Å²) in [6, 6.07) is 20.3. The van der Waals surface area contributed by atoms with E-state index in [-0.39, 0.29) is 12.6 Å². The van der Waals surface area contributed by atoms with Crippen LogP contribution in [0.3, 0.4) is 0 Å². The van der Waals surface area contributed by atoms with Crippen molar-refractivity contribution in [3.63, 3.8) is 0 Å². The maximum atomic E-state index is 13.3. The van der Waals surface area contributed by atoms with Crippen LogP contribution >= 0.6 is 23.1 Å². The van der Waals surface area contributed by atoms with Crippen LogP contribution in [0.1, 0.15) is 27.3 Å². The van der Waals surface area contributed by atoms with Crippen LogP contribution in [0.2, 0.25) is 0 Å². The number of thiophene rings is 1. The van der Waals surface area contributed by atoms with Gasteiger partial charge in [-0.3, -0.25) is 4.79 Å². The Balaban J connectivity index is 1.20. The van der Waals surface area contributed by atoms with E-state index in [0.717, 1.165) is 59.7 Å². The number of aromatic nitrogens is 3. The minimum absolute atomic E-state index is 0.0929. The van der Waals surface area contributed by atoms with Gasteiger partial charge in [0.2, 0.25) is 6.79 Å². The second-order valence-electron chi connectivity index (χ2n) is 8.64. The molecule has 1 aliphatic heterocycles. The number of aryl methyl sites for hydroxylation is 1. The highest BCUT2D eigenvalue weighted by molar-refractivity contribution is 8.00. The predicted molar refractivity (Wildman–Crippen MR) is 143 cm³/mol. The minimum Gasteiger partial charge on any atom is -0.454 e. The SMILES string of the molecule is Cc1cc(C(=O)CSc2ncnc3sc(-c4ccccc4)cc23)c(C)n1Cc1ccc2c(c1)OCO2. The van der Waals surface area contributed by atoms with Crippen molar-refractivity contribution in [3.05, 3.63) is 89.5 Å². The van der Waals surface area contributed by atoms with Crippen LogP contribution in [-0.2, 0) is 6.54 Å². The first kappa shape index (κ1) is 22.8. The van der Waals surface area contributed by atoms with Gasteiger partial charge < -0.3 is 14.0 Å². The monoisotopic (exact) mass is 513 g/mol. The Morgan fingerprint density at radius 3 is 2.72 bits per heavy atom. The van der Waals surface area contributed by atoms with Crippen LogP contribution in [0.25, 0.3) is 20.7 Å². The second-order valence-corrected chi connectivity index (χ2v) is 10.6. The van der Waals surface area contributed by atoms with Gasteiger partial charge in [0.1, 0.15) is 16.2 Å². The van der Waals surface area contributed by atoms with E-state index >= 15 is 0 Å². The average molecular weight is 514 g/mol. The van der Waals surface area contributed by atoms with E-state index in [9.17, 15) is 4.79 Å². The fraction of sp³-hybridized carbons (Fsp3) is 0.179. The molecule has 6 nitrogen and oxygen atoms in total. The first-order chi connectivity index (χ1) is 17.6. The number of ketones is 1. The normalized spacial score (nSPS) is 12.4. The number of fused-ring (bicyclic) bond motifs is 2. The summed E-state index contributed by atoms with van der Waals surface area (Å²) >= 11 is 3.11. The molecule has 3 aromatic heterocycles. The van der Waals surface area contributed by atoms with Gasteiger partial charge in [-0.25, -0.2) is 9.97 Å². The third kappa shape index (κ3) is 4.27. The Bertz CT molecular complexity index is 1590. The van der Waals surface area contributed by atoms with Crippen molar-refractivity contribution < 1.29 is 14.3 Å². The second kappa shape index (κ2) is 9.44. The third-order valence-corrected chi connectivity index (χ3v) is 8.44. The Morgan fingerprint density at radius 1 is 1.03 bits per heavy atom. The van der Waals surface area contributed by atoms with Crippen LogP contribution in [-0.4, -0.2) is 32.9 Å². The maximum absolute atomic E-state index is 13.3. The van der Waals surface area contributed by atoms with Crippen molar-refractivity contribution in [2.75, 3.05) is 12.5 Å². The smallest absolute Gasteiger partial charge is 0.231 e. The quantitative estimate of drug-likeness (QED) is 0.140. The lowest BCUT2D eigenvalue weighted by Gasteiger charge is -2.10. The molecule has 0 N–H and O–H groups in total. The number of ether oxygens (including phenoxy) is 2. The zero-order valence-corrected chi connectivity index (χ0v) is 21.5. The summed E-state index contributed by atoms with van der Waals surface area (Å²) in [5.41, 5.74) is 5.02. The highest BCUT2D eigenvalue weighted by Gasteiger charge is 2.19. The average Bonchev–Trinajstić information content (AvgIpc) is 3.62. The first-order valence-corrected chi connectivity index (χ1v) is 13.4. The van der Waals surface area contributed by atoms with Crippen molar-refractivity contribution in [1.29, 1.82) is 0 Å². The number of carbonyl (C=O) groups is 1. The minimum atomic E-state index is 0.0929. The van der Waals surface area contributed by atoms with Gasteiger partial charge >= 0.3 is 0 Å². The van der Waals surface area contributed by atoms with E-state index in [1.54, 1.807) is 17.7 Å². The number of thioether (sulfide) groups is 1. The Labute approximate surface area is 216 Å². The van der Waals surface area contributed by atoms with Crippen molar-refractivity contribution >= 4 is 39.1 Å². The summed E-state index contributed by atoms with van der Waals surface area (Å²) in [6.45, 7) is 4.97. The van der Waals surface area contributed by atoms with Gasteiger partial charge in [-0.05, 0) is 49.2 Å². The number of rotatable bonds is 7. The molecule has 180 valence electrons. The molecule has 2 aromatic carbocycles. The molecule has 0 aliphatic carbocycles. The standard InChI is InChI=1S/C28H23N3O3S2/c1-17-10-21(18(2)31(17)13-19-8-9-24-25(11-19)34-16-33-24)23(32)14-35-27-22-12-26(20-6-4-3-5-7-20)36-28(22)30-15-29-27/h3-12,15H,13-14,16H2,1-2H3. The number of hydrogen-bond donors (Lipinski definition) is 0. The van der Waals surface area contributed by atoms with Crippen molar-refractivity contribution in [3.8, 4) is 21.9 Å². The van der Waals surface area contributed by atoms with Gasteiger partial charge in [0.25, 0.3) is 0 Å². The molecule has 0 amide bonds. The molecular weight excluding hydrogens is 490 g/mol. The molecule has 6 rings (SSSR count). The van der Waals surface area contributed by atoms with Gasteiger partial charge in [-0.2, -0.15) is 0 Å². The van der Waals surface area contributed by atoms with E-state index in [0.29, 0.717) is 12.3 Å². The van der Waals surface area contributed by atoms with Gasteiger partial charge in [0, 0.05) is 33.8 Å². The van der Waals surface area contributed by atoms with E-state index in [2.05, 4.69) is 32.7 Å². The molecule has 0 bridgehead atoms. The lowest BCUT2D eigenvalue weighted by atomic mass is 10.1. The third-order valence-electron chi connectivity index (χ3n) is 6.34. The number of Topliss-reactive ketones (excluding diaryl/α,β-unsaturated/α-hetero) is 1. The molecule has 36 heavy (non-hydrogen) atoms. The molecule has 0 unspecified atom stereocenters. The molecule has 0 radical (unpaired) electrons. The number of nitrogens with zero attached hydrogens (tertiary/aromatic N) is 3. The van der Waals surface area contributed by atoms with Gasteiger partial charge in [0.15, 0.2) is 17.3 Å². The molecular formula is C28H23N3O3S2. The van der Waals surface area contributed by atoms with Crippen molar-refractivity contribution in [2.24, 2.45) is 0 Å². The summed E-state index contributed by atoms with van der Waals surface area (Å²) in [4.78, 5) is 24.3. The van der Waals surface area contributed by atoms with Crippen LogP contribution in [0.15, 0.2) is 72.0 Å². The largest absolute Gasteiger partial charge is 0.454 e. The van der Waals surface area contributed by atoms with Gasteiger partial charge in [-0.15, -0.1) is 11.3 Å². The van der Waals surface area contributed by atoms with Crippen molar-refractivity contribution in [1.82, 2.24) is 14.5 Å². The molecule has 0 atom stereocenters. The molecule has 0 saturated heterocycles.